The zero-order valence-corrected chi connectivity index (χ0v) is 12.9. The molecule has 0 bridgehead atoms. The molecule has 2 heterocycles. The van der Waals surface area contributed by atoms with Gasteiger partial charge in [0.25, 0.3) is 0 Å². The van der Waals surface area contributed by atoms with E-state index in [2.05, 4.69) is 41.3 Å². The van der Waals surface area contributed by atoms with Crippen molar-refractivity contribution in [2.75, 3.05) is 32.8 Å². The van der Waals surface area contributed by atoms with Crippen LogP contribution in [0.5, 0.6) is 0 Å². The zero-order valence-electron chi connectivity index (χ0n) is 12.9. The predicted octanol–water partition coefficient (Wildman–Crippen LogP) is 0.889. The molecule has 0 spiro atoms. The number of hydrogen-bond acceptors (Lipinski definition) is 5. The van der Waals surface area contributed by atoms with Crippen molar-refractivity contribution < 1.29 is 4.74 Å². The standard InChI is InChI=1S/C14H27N5O/c1-4-5-15-10-13-11-19(17-16-13)7-6-18-8-9-20-14(2,3)12-18/h11,15H,4-10,12H2,1-3H3. The molecule has 6 nitrogen and oxygen atoms in total. The first-order valence-corrected chi connectivity index (χ1v) is 7.55. The van der Waals surface area contributed by atoms with E-state index in [4.69, 9.17) is 4.74 Å². The molecule has 6 heteroatoms. The maximum Gasteiger partial charge on any atom is 0.0964 e. The highest BCUT2D eigenvalue weighted by molar-refractivity contribution is 4.91. The van der Waals surface area contributed by atoms with Gasteiger partial charge in [-0.05, 0) is 26.8 Å². The summed E-state index contributed by atoms with van der Waals surface area (Å²) in [4.78, 5) is 2.43. The Balaban J connectivity index is 1.73. The molecule has 0 unspecified atom stereocenters. The van der Waals surface area contributed by atoms with Gasteiger partial charge in [-0.2, -0.15) is 0 Å². The number of morpholine rings is 1. The smallest absolute Gasteiger partial charge is 0.0964 e. The van der Waals surface area contributed by atoms with Crippen molar-refractivity contribution in [3.05, 3.63) is 11.9 Å². The average molecular weight is 281 g/mol. The maximum absolute atomic E-state index is 5.72. The lowest BCUT2D eigenvalue weighted by molar-refractivity contribution is -0.0866. The van der Waals surface area contributed by atoms with Crippen LogP contribution < -0.4 is 5.32 Å². The first-order chi connectivity index (χ1) is 9.59. The van der Waals surface area contributed by atoms with Crippen molar-refractivity contribution in [3.8, 4) is 0 Å². The molecule has 1 saturated heterocycles. The Hall–Kier alpha value is -0.980. The van der Waals surface area contributed by atoms with E-state index in [9.17, 15) is 0 Å². The summed E-state index contributed by atoms with van der Waals surface area (Å²) in [5.74, 6) is 0. The van der Waals surface area contributed by atoms with E-state index in [0.29, 0.717) is 0 Å². The zero-order chi connectivity index (χ0) is 14.4. The minimum atomic E-state index is -0.0319. The van der Waals surface area contributed by atoms with Gasteiger partial charge in [0.15, 0.2) is 0 Å². The Labute approximate surface area is 121 Å². The van der Waals surface area contributed by atoms with Crippen LogP contribution in [0.25, 0.3) is 0 Å². The minimum absolute atomic E-state index is 0.0319. The van der Waals surface area contributed by atoms with Gasteiger partial charge in [-0.1, -0.05) is 12.1 Å². The Morgan fingerprint density at radius 2 is 2.25 bits per heavy atom. The molecule has 1 aliphatic heterocycles. The molecule has 1 aromatic rings. The lowest BCUT2D eigenvalue weighted by Gasteiger charge is -2.38. The monoisotopic (exact) mass is 281 g/mol. The Kier molecular flexibility index (Phi) is 5.51. The number of nitrogens with zero attached hydrogens (tertiary/aromatic N) is 4. The summed E-state index contributed by atoms with van der Waals surface area (Å²) in [6.07, 6.45) is 3.18. The predicted molar refractivity (Wildman–Crippen MR) is 78.5 cm³/mol. The molecule has 1 fully saturated rings. The third-order valence-corrected chi connectivity index (χ3v) is 3.47. The molecule has 0 aliphatic carbocycles. The largest absolute Gasteiger partial charge is 0.373 e. The number of nitrogens with one attached hydrogen (secondary N) is 1. The van der Waals surface area contributed by atoms with Gasteiger partial charge in [0.05, 0.1) is 24.4 Å². The first kappa shape index (κ1) is 15.4. The summed E-state index contributed by atoms with van der Waals surface area (Å²) in [5, 5.41) is 11.7. The molecule has 2 rings (SSSR count). The summed E-state index contributed by atoms with van der Waals surface area (Å²) in [6.45, 7) is 13.0. The normalized spacial score (nSPS) is 19.4. The minimum Gasteiger partial charge on any atom is -0.373 e. The second kappa shape index (κ2) is 7.15. The van der Waals surface area contributed by atoms with Gasteiger partial charge >= 0.3 is 0 Å². The quantitative estimate of drug-likeness (QED) is 0.752. The van der Waals surface area contributed by atoms with Crippen molar-refractivity contribution in [3.63, 3.8) is 0 Å². The van der Waals surface area contributed by atoms with Gasteiger partial charge in [0.1, 0.15) is 0 Å². The van der Waals surface area contributed by atoms with E-state index < -0.39 is 0 Å². The third kappa shape index (κ3) is 4.85. The molecule has 0 atom stereocenters. The molecule has 20 heavy (non-hydrogen) atoms. The summed E-state index contributed by atoms with van der Waals surface area (Å²) >= 11 is 0. The molecule has 0 amide bonds. The molecule has 1 aromatic heterocycles. The summed E-state index contributed by atoms with van der Waals surface area (Å²) in [6, 6.07) is 0. The van der Waals surface area contributed by atoms with Gasteiger partial charge < -0.3 is 10.1 Å². The molecule has 114 valence electrons. The van der Waals surface area contributed by atoms with Crippen LogP contribution in [0.1, 0.15) is 32.9 Å². The summed E-state index contributed by atoms with van der Waals surface area (Å²) in [5.41, 5.74) is 0.983. The van der Waals surface area contributed by atoms with Crippen LogP contribution in [-0.4, -0.2) is 58.3 Å². The Morgan fingerprint density at radius 3 is 3.00 bits per heavy atom. The van der Waals surface area contributed by atoms with Gasteiger partial charge in [-0.15, -0.1) is 5.10 Å². The number of hydrogen-bond donors (Lipinski definition) is 1. The molecular formula is C14H27N5O. The van der Waals surface area contributed by atoms with Crippen LogP contribution in [-0.2, 0) is 17.8 Å². The Bertz CT molecular complexity index is 404. The highest BCUT2D eigenvalue weighted by atomic mass is 16.5. The van der Waals surface area contributed by atoms with E-state index in [1.165, 1.54) is 0 Å². The first-order valence-electron chi connectivity index (χ1n) is 7.55. The van der Waals surface area contributed by atoms with Crippen molar-refractivity contribution in [1.29, 1.82) is 0 Å². The maximum atomic E-state index is 5.72. The molecular weight excluding hydrogens is 254 g/mol. The van der Waals surface area contributed by atoms with Crippen LogP contribution in [0.15, 0.2) is 6.20 Å². The van der Waals surface area contributed by atoms with Crippen molar-refractivity contribution in [1.82, 2.24) is 25.2 Å². The SMILES string of the molecule is CCCNCc1cn(CCN2CCOC(C)(C)C2)nn1. The lowest BCUT2D eigenvalue weighted by atomic mass is 10.1. The van der Waals surface area contributed by atoms with Crippen LogP contribution in [0.3, 0.4) is 0 Å². The van der Waals surface area contributed by atoms with Gasteiger partial charge in [-0.25, -0.2) is 0 Å². The Morgan fingerprint density at radius 1 is 1.40 bits per heavy atom. The second-order valence-electron chi connectivity index (χ2n) is 6.03. The van der Waals surface area contributed by atoms with E-state index in [1.54, 1.807) is 0 Å². The average Bonchev–Trinajstić information content (AvgIpc) is 2.84. The summed E-state index contributed by atoms with van der Waals surface area (Å²) < 4.78 is 7.66. The van der Waals surface area contributed by atoms with Crippen LogP contribution in [0.2, 0.25) is 0 Å². The third-order valence-electron chi connectivity index (χ3n) is 3.47. The van der Waals surface area contributed by atoms with E-state index in [0.717, 1.165) is 58.0 Å². The van der Waals surface area contributed by atoms with E-state index in [-0.39, 0.29) is 5.60 Å². The number of ether oxygens (including phenoxy) is 1. The molecule has 1 N–H and O–H groups in total. The molecule has 0 radical (unpaired) electrons. The van der Waals surface area contributed by atoms with E-state index >= 15 is 0 Å². The van der Waals surface area contributed by atoms with Gasteiger partial charge in [0.2, 0.25) is 0 Å². The fraction of sp³-hybridized carbons (Fsp3) is 0.857. The second-order valence-corrected chi connectivity index (χ2v) is 6.03. The van der Waals surface area contributed by atoms with E-state index in [1.807, 2.05) is 10.9 Å². The number of rotatable bonds is 7. The summed E-state index contributed by atoms with van der Waals surface area (Å²) in [7, 11) is 0. The fourth-order valence-electron chi connectivity index (χ4n) is 2.47. The van der Waals surface area contributed by atoms with Crippen molar-refractivity contribution in [2.24, 2.45) is 0 Å². The molecule has 1 aliphatic rings. The molecule has 0 aromatic carbocycles. The van der Waals surface area contributed by atoms with Crippen LogP contribution in [0.4, 0.5) is 0 Å². The highest BCUT2D eigenvalue weighted by Gasteiger charge is 2.26. The van der Waals surface area contributed by atoms with Crippen molar-refractivity contribution in [2.45, 2.75) is 45.9 Å². The van der Waals surface area contributed by atoms with Crippen LogP contribution in [0, 0.1) is 0 Å². The number of aromatic nitrogens is 3. The molecule has 0 saturated carbocycles. The highest BCUT2D eigenvalue weighted by Crippen LogP contribution is 2.15. The van der Waals surface area contributed by atoms with Crippen LogP contribution >= 0.6 is 0 Å². The fourth-order valence-corrected chi connectivity index (χ4v) is 2.47. The topological polar surface area (TPSA) is 55.2 Å². The van der Waals surface area contributed by atoms with Gasteiger partial charge in [-0.3, -0.25) is 9.58 Å². The lowest BCUT2D eigenvalue weighted by Crippen LogP contribution is -2.49. The van der Waals surface area contributed by atoms with Gasteiger partial charge in [0, 0.05) is 32.4 Å². The van der Waals surface area contributed by atoms with Crippen molar-refractivity contribution >= 4 is 0 Å².